The molecule has 1 atom stereocenters. The van der Waals surface area contributed by atoms with Crippen molar-refractivity contribution in [3.8, 4) is 16.9 Å². The number of piperazine rings is 1. The first-order valence-electron chi connectivity index (χ1n) is 14.0. The standard InChI is InChI=1S/C32H34ClN3O4/c1-2-39-31-29(37)27-4-3-5-28(30(27)40-32(31)35-16-18-38-19-17-35)36-15-14-34-21-26(36)20-22-6-8-23(9-7-22)24-10-12-25(33)13-11-24/h3-13,26,34H,2,14-21H2,1H3. The fourth-order valence-electron chi connectivity index (χ4n) is 5.65. The number of morpholine rings is 1. The molecule has 2 saturated heterocycles. The smallest absolute Gasteiger partial charge is 0.243 e. The number of hydrogen-bond donors (Lipinski definition) is 1. The van der Waals surface area contributed by atoms with Gasteiger partial charge in [-0.1, -0.05) is 54.1 Å². The number of hydrogen-bond acceptors (Lipinski definition) is 7. The molecule has 2 fully saturated rings. The lowest BCUT2D eigenvalue weighted by Crippen LogP contribution is -2.52. The van der Waals surface area contributed by atoms with E-state index in [-0.39, 0.29) is 17.2 Å². The molecule has 3 heterocycles. The van der Waals surface area contributed by atoms with Crippen LogP contribution >= 0.6 is 11.6 Å². The average Bonchev–Trinajstić information content (AvgIpc) is 3.00. The Labute approximate surface area is 239 Å². The Morgan fingerprint density at radius 3 is 2.42 bits per heavy atom. The molecule has 1 N–H and O–H groups in total. The van der Waals surface area contributed by atoms with Crippen LogP contribution in [0.3, 0.4) is 0 Å². The van der Waals surface area contributed by atoms with Crippen LogP contribution in [-0.2, 0) is 11.2 Å². The van der Waals surface area contributed by atoms with E-state index in [0.29, 0.717) is 49.8 Å². The van der Waals surface area contributed by atoms with Crippen molar-refractivity contribution >= 4 is 34.1 Å². The monoisotopic (exact) mass is 559 g/mol. The second-order valence-electron chi connectivity index (χ2n) is 10.2. The number of nitrogens with one attached hydrogen (secondary N) is 1. The second-order valence-corrected chi connectivity index (χ2v) is 10.6. The van der Waals surface area contributed by atoms with Gasteiger partial charge < -0.3 is 29.0 Å². The summed E-state index contributed by atoms with van der Waals surface area (Å²) in [5.74, 6) is 0.784. The van der Waals surface area contributed by atoms with Gasteiger partial charge in [0.2, 0.25) is 17.1 Å². The van der Waals surface area contributed by atoms with Crippen LogP contribution in [0.4, 0.5) is 11.6 Å². The molecule has 0 radical (unpaired) electrons. The number of benzene rings is 3. The molecule has 0 aliphatic carbocycles. The minimum atomic E-state index is -0.129. The first-order chi connectivity index (χ1) is 19.6. The van der Waals surface area contributed by atoms with Crippen molar-refractivity contribution in [2.24, 2.45) is 0 Å². The molecule has 0 bridgehead atoms. The first-order valence-corrected chi connectivity index (χ1v) is 14.4. The third kappa shape index (κ3) is 5.42. The van der Waals surface area contributed by atoms with E-state index in [1.54, 1.807) is 0 Å². The van der Waals surface area contributed by atoms with Gasteiger partial charge in [0.1, 0.15) is 0 Å². The molecule has 4 aromatic rings. The lowest BCUT2D eigenvalue weighted by molar-refractivity contribution is 0.120. The number of halogens is 1. The Kier molecular flexibility index (Phi) is 7.96. The van der Waals surface area contributed by atoms with Crippen LogP contribution in [-0.4, -0.2) is 58.6 Å². The molecule has 3 aromatic carbocycles. The highest BCUT2D eigenvalue weighted by molar-refractivity contribution is 6.30. The molecular formula is C32H34ClN3O4. The molecule has 40 heavy (non-hydrogen) atoms. The molecule has 0 spiro atoms. The molecule has 0 amide bonds. The highest BCUT2D eigenvalue weighted by Gasteiger charge is 2.28. The number of nitrogens with zero attached hydrogens (tertiary/aromatic N) is 2. The largest absolute Gasteiger partial charge is 0.485 e. The maximum Gasteiger partial charge on any atom is 0.243 e. The minimum absolute atomic E-state index is 0.129. The maximum atomic E-state index is 13.7. The van der Waals surface area contributed by atoms with Crippen molar-refractivity contribution < 1.29 is 13.9 Å². The Morgan fingerprint density at radius 2 is 1.70 bits per heavy atom. The lowest BCUT2D eigenvalue weighted by atomic mass is 9.98. The second kappa shape index (κ2) is 11.9. The molecule has 2 aliphatic heterocycles. The topological polar surface area (TPSA) is 67.2 Å². The van der Waals surface area contributed by atoms with E-state index in [0.717, 1.165) is 47.9 Å². The van der Waals surface area contributed by atoms with Gasteiger partial charge in [-0.2, -0.15) is 0 Å². The summed E-state index contributed by atoms with van der Waals surface area (Å²) in [6, 6.07) is 22.7. The van der Waals surface area contributed by atoms with E-state index >= 15 is 0 Å². The number of fused-ring (bicyclic) bond motifs is 1. The SMILES string of the molecule is CCOc1c(N2CCOCC2)oc2c(N3CCNCC3Cc3ccc(-c4ccc(Cl)cc4)cc3)cccc2c1=O. The summed E-state index contributed by atoms with van der Waals surface area (Å²) >= 11 is 6.06. The van der Waals surface area contributed by atoms with E-state index < -0.39 is 0 Å². The van der Waals surface area contributed by atoms with Crippen LogP contribution in [0.15, 0.2) is 75.9 Å². The molecule has 1 unspecified atom stereocenters. The molecule has 0 saturated carbocycles. The summed E-state index contributed by atoms with van der Waals surface area (Å²) < 4.78 is 18.0. The number of anilines is 2. The van der Waals surface area contributed by atoms with E-state index in [1.807, 2.05) is 43.3 Å². The van der Waals surface area contributed by atoms with Crippen LogP contribution in [0, 0.1) is 0 Å². The van der Waals surface area contributed by atoms with Gasteiger partial charge in [-0.05, 0) is 54.3 Å². The van der Waals surface area contributed by atoms with Gasteiger partial charge in [0, 0.05) is 43.8 Å². The molecule has 2 aliphatic rings. The van der Waals surface area contributed by atoms with Crippen molar-refractivity contribution in [1.29, 1.82) is 0 Å². The van der Waals surface area contributed by atoms with Crippen molar-refractivity contribution in [2.45, 2.75) is 19.4 Å². The Balaban J connectivity index is 1.33. The van der Waals surface area contributed by atoms with Crippen molar-refractivity contribution in [2.75, 3.05) is 62.3 Å². The van der Waals surface area contributed by atoms with Crippen LogP contribution in [0.5, 0.6) is 5.75 Å². The Bertz CT molecular complexity index is 1510. The van der Waals surface area contributed by atoms with E-state index in [1.165, 1.54) is 5.56 Å². The quantitative estimate of drug-likeness (QED) is 0.326. The van der Waals surface area contributed by atoms with Gasteiger partial charge in [-0.3, -0.25) is 4.79 Å². The average molecular weight is 560 g/mol. The normalized spacial score (nSPS) is 17.8. The highest BCUT2D eigenvalue weighted by atomic mass is 35.5. The Hall–Kier alpha value is -3.52. The first kappa shape index (κ1) is 26.7. The summed E-state index contributed by atoms with van der Waals surface area (Å²) in [6.45, 7) is 7.28. The fourth-order valence-corrected chi connectivity index (χ4v) is 5.78. The van der Waals surface area contributed by atoms with Crippen molar-refractivity contribution in [3.63, 3.8) is 0 Å². The number of para-hydroxylation sites is 1. The lowest BCUT2D eigenvalue weighted by Gasteiger charge is -2.38. The van der Waals surface area contributed by atoms with Gasteiger partial charge in [0.25, 0.3) is 0 Å². The summed E-state index contributed by atoms with van der Waals surface area (Å²) in [5.41, 5.74) is 4.99. The Morgan fingerprint density at radius 1 is 0.975 bits per heavy atom. The van der Waals surface area contributed by atoms with Gasteiger partial charge in [0.15, 0.2) is 5.58 Å². The zero-order valence-corrected chi connectivity index (χ0v) is 23.5. The van der Waals surface area contributed by atoms with Gasteiger partial charge in [-0.25, -0.2) is 0 Å². The number of rotatable bonds is 7. The predicted octanol–water partition coefficient (Wildman–Crippen LogP) is 5.37. The van der Waals surface area contributed by atoms with Gasteiger partial charge >= 0.3 is 0 Å². The maximum absolute atomic E-state index is 13.7. The number of ether oxygens (including phenoxy) is 2. The van der Waals surface area contributed by atoms with Gasteiger partial charge in [0.05, 0.1) is 30.9 Å². The predicted molar refractivity (Wildman–Crippen MR) is 161 cm³/mol. The van der Waals surface area contributed by atoms with E-state index in [2.05, 4.69) is 45.4 Å². The third-order valence-corrected chi connectivity index (χ3v) is 7.94. The highest BCUT2D eigenvalue weighted by Crippen LogP contribution is 2.36. The van der Waals surface area contributed by atoms with E-state index in [4.69, 9.17) is 25.5 Å². The van der Waals surface area contributed by atoms with Gasteiger partial charge in [-0.15, -0.1) is 0 Å². The van der Waals surface area contributed by atoms with Crippen LogP contribution < -0.4 is 25.3 Å². The minimum Gasteiger partial charge on any atom is -0.485 e. The van der Waals surface area contributed by atoms with Crippen LogP contribution in [0.1, 0.15) is 12.5 Å². The molecule has 7 nitrogen and oxygen atoms in total. The van der Waals surface area contributed by atoms with Crippen LogP contribution in [0.2, 0.25) is 5.02 Å². The molecule has 8 heteroatoms. The summed E-state index contributed by atoms with van der Waals surface area (Å²) in [7, 11) is 0. The fraction of sp³-hybridized carbons (Fsp3) is 0.344. The zero-order chi connectivity index (χ0) is 27.5. The molecule has 1 aromatic heterocycles. The van der Waals surface area contributed by atoms with Crippen LogP contribution in [0.25, 0.3) is 22.1 Å². The summed E-state index contributed by atoms with van der Waals surface area (Å²) in [5, 5.41) is 4.84. The van der Waals surface area contributed by atoms with Crippen molar-refractivity contribution in [3.05, 3.63) is 87.5 Å². The zero-order valence-electron chi connectivity index (χ0n) is 22.7. The summed E-state index contributed by atoms with van der Waals surface area (Å²) in [4.78, 5) is 18.1. The van der Waals surface area contributed by atoms with Crippen molar-refractivity contribution in [1.82, 2.24) is 5.32 Å². The van der Waals surface area contributed by atoms with E-state index in [9.17, 15) is 4.79 Å². The summed E-state index contributed by atoms with van der Waals surface area (Å²) in [6.07, 6.45) is 0.863. The molecule has 6 rings (SSSR count). The molecule has 208 valence electrons. The third-order valence-electron chi connectivity index (χ3n) is 7.69. The molecular weight excluding hydrogens is 526 g/mol.